The van der Waals surface area contributed by atoms with Crippen molar-refractivity contribution >= 4 is 11.9 Å². The van der Waals surface area contributed by atoms with E-state index in [9.17, 15) is 9.59 Å². The van der Waals surface area contributed by atoms with Crippen molar-refractivity contribution < 1.29 is 19.1 Å². The van der Waals surface area contributed by atoms with E-state index in [1.807, 2.05) is 0 Å². The predicted octanol–water partition coefficient (Wildman–Crippen LogP) is 1.67. The summed E-state index contributed by atoms with van der Waals surface area (Å²) in [7, 11) is 0. The monoisotopic (exact) mass is 202 g/mol. The molecule has 0 spiro atoms. The third kappa shape index (κ3) is 7.58. The molecule has 0 aromatic heterocycles. The van der Waals surface area contributed by atoms with Crippen LogP contribution in [0, 0.1) is 0 Å². The van der Waals surface area contributed by atoms with E-state index >= 15 is 0 Å². The van der Waals surface area contributed by atoms with Gasteiger partial charge in [0, 0.05) is 6.92 Å². The topological polar surface area (TPSA) is 52.6 Å². The molecule has 0 radical (unpaired) electrons. The van der Waals surface area contributed by atoms with E-state index in [-0.39, 0.29) is 18.4 Å². The van der Waals surface area contributed by atoms with Gasteiger partial charge in [0.1, 0.15) is 11.7 Å². The molecule has 0 saturated carbocycles. The maximum Gasteiger partial charge on any atom is 0.310 e. The average Bonchev–Trinajstić information content (AvgIpc) is 1.77. The van der Waals surface area contributed by atoms with Crippen molar-refractivity contribution in [2.24, 2.45) is 0 Å². The van der Waals surface area contributed by atoms with Gasteiger partial charge in [-0.15, -0.1) is 0 Å². The zero-order valence-electron chi connectivity index (χ0n) is 9.42. The van der Waals surface area contributed by atoms with Gasteiger partial charge in [-0.1, -0.05) is 0 Å². The van der Waals surface area contributed by atoms with Crippen molar-refractivity contribution in [1.29, 1.82) is 0 Å². The Balaban J connectivity index is 3.89. The largest absolute Gasteiger partial charge is 0.462 e. The quantitative estimate of drug-likeness (QED) is 0.653. The van der Waals surface area contributed by atoms with Crippen LogP contribution in [-0.2, 0) is 19.1 Å². The third-order valence-corrected chi connectivity index (χ3v) is 1.24. The molecule has 4 heteroatoms. The molecule has 1 atom stereocenters. The standard InChI is InChI=1S/C10H18O4/c1-7(13-8(2)11)6-9(12)14-10(3,4)5/h7H,6H2,1-5H3/t7-/m1/s1. The van der Waals surface area contributed by atoms with Crippen LogP contribution in [-0.4, -0.2) is 23.6 Å². The Bertz CT molecular complexity index is 215. The van der Waals surface area contributed by atoms with Crippen molar-refractivity contribution in [2.75, 3.05) is 0 Å². The highest BCUT2D eigenvalue weighted by Gasteiger charge is 2.19. The van der Waals surface area contributed by atoms with Gasteiger partial charge in [-0.3, -0.25) is 9.59 Å². The molecule has 0 unspecified atom stereocenters. The lowest BCUT2D eigenvalue weighted by atomic mass is 10.2. The summed E-state index contributed by atoms with van der Waals surface area (Å²) in [5, 5.41) is 0. The van der Waals surface area contributed by atoms with E-state index in [0.29, 0.717) is 0 Å². The lowest BCUT2D eigenvalue weighted by Crippen LogP contribution is -2.27. The van der Waals surface area contributed by atoms with Crippen LogP contribution in [0.4, 0.5) is 0 Å². The van der Waals surface area contributed by atoms with Crippen LogP contribution in [0.1, 0.15) is 41.0 Å². The van der Waals surface area contributed by atoms with Crippen LogP contribution < -0.4 is 0 Å². The second kappa shape index (κ2) is 4.98. The number of esters is 2. The molecule has 0 heterocycles. The van der Waals surface area contributed by atoms with Crippen molar-refractivity contribution in [1.82, 2.24) is 0 Å². The van der Waals surface area contributed by atoms with Gasteiger partial charge in [0.05, 0.1) is 6.42 Å². The number of hydrogen-bond donors (Lipinski definition) is 0. The SMILES string of the molecule is CC(=O)O[C@H](C)CC(=O)OC(C)(C)C. The van der Waals surface area contributed by atoms with E-state index in [1.165, 1.54) is 6.92 Å². The first-order chi connectivity index (χ1) is 6.20. The molecule has 0 aromatic carbocycles. The van der Waals surface area contributed by atoms with E-state index in [0.717, 1.165) is 0 Å². The fourth-order valence-corrected chi connectivity index (χ4v) is 0.943. The fraction of sp³-hybridized carbons (Fsp3) is 0.800. The Labute approximate surface area is 84.6 Å². The van der Waals surface area contributed by atoms with Crippen LogP contribution in [0.2, 0.25) is 0 Å². The first kappa shape index (κ1) is 12.9. The van der Waals surface area contributed by atoms with Crippen molar-refractivity contribution in [3.05, 3.63) is 0 Å². The summed E-state index contributed by atoms with van der Waals surface area (Å²) < 4.78 is 9.86. The molecule has 0 aliphatic rings. The lowest BCUT2D eigenvalue weighted by molar-refractivity contribution is -0.160. The maximum absolute atomic E-state index is 11.2. The van der Waals surface area contributed by atoms with Gasteiger partial charge in [0.15, 0.2) is 0 Å². The van der Waals surface area contributed by atoms with Crippen LogP contribution in [0.3, 0.4) is 0 Å². The van der Waals surface area contributed by atoms with Crippen molar-refractivity contribution in [3.8, 4) is 0 Å². The Morgan fingerprint density at radius 3 is 2.14 bits per heavy atom. The fourth-order valence-electron chi connectivity index (χ4n) is 0.943. The molecule has 0 fully saturated rings. The number of rotatable bonds is 3. The first-order valence-corrected chi connectivity index (χ1v) is 4.60. The smallest absolute Gasteiger partial charge is 0.310 e. The number of carbonyl (C=O) groups is 2. The molecule has 0 rings (SSSR count). The molecular formula is C10H18O4. The van der Waals surface area contributed by atoms with Gasteiger partial charge < -0.3 is 9.47 Å². The molecule has 0 aliphatic carbocycles. The highest BCUT2D eigenvalue weighted by atomic mass is 16.6. The highest BCUT2D eigenvalue weighted by molar-refractivity contribution is 5.71. The van der Waals surface area contributed by atoms with Gasteiger partial charge in [-0.05, 0) is 27.7 Å². The summed E-state index contributed by atoms with van der Waals surface area (Å²) in [6.07, 6.45) is -0.334. The minimum Gasteiger partial charge on any atom is -0.462 e. The van der Waals surface area contributed by atoms with Crippen LogP contribution in [0.5, 0.6) is 0 Å². The number of ether oxygens (including phenoxy) is 2. The summed E-state index contributed by atoms with van der Waals surface area (Å²) >= 11 is 0. The molecule has 0 aromatic rings. The minimum atomic E-state index is -0.493. The molecule has 0 N–H and O–H groups in total. The van der Waals surface area contributed by atoms with Gasteiger partial charge in [0.25, 0.3) is 0 Å². The first-order valence-electron chi connectivity index (χ1n) is 4.60. The molecular weight excluding hydrogens is 184 g/mol. The zero-order chi connectivity index (χ0) is 11.4. The molecule has 14 heavy (non-hydrogen) atoms. The normalized spacial score (nSPS) is 13.2. The molecule has 0 amide bonds. The molecule has 0 aliphatic heterocycles. The minimum absolute atomic E-state index is 0.0941. The van der Waals surface area contributed by atoms with Crippen LogP contribution in [0.25, 0.3) is 0 Å². The van der Waals surface area contributed by atoms with E-state index in [1.54, 1.807) is 27.7 Å². The Morgan fingerprint density at radius 2 is 1.79 bits per heavy atom. The summed E-state index contributed by atoms with van der Waals surface area (Å²) in [6.45, 7) is 8.35. The van der Waals surface area contributed by atoms with E-state index in [2.05, 4.69) is 0 Å². The maximum atomic E-state index is 11.2. The highest BCUT2D eigenvalue weighted by Crippen LogP contribution is 2.10. The van der Waals surface area contributed by atoms with Gasteiger partial charge in [-0.2, -0.15) is 0 Å². The average molecular weight is 202 g/mol. The zero-order valence-corrected chi connectivity index (χ0v) is 9.42. The third-order valence-electron chi connectivity index (χ3n) is 1.24. The van der Waals surface area contributed by atoms with Crippen molar-refractivity contribution in [3.63, 3.8) is 0 Å². The van der Waals surface area contributed by atoms with Gasteiger partial charge in [-0.25, -0.2) is 0 Å². The molecule has 82 valence electrons. The summed E-state index contributed by atoms with van der Waals surface area (Å²) in [5.41, 5.74) is -0.493. The number of carbonyl (C=O) groups excluding carboxylic acids is 2. The summed E-state index contributed by atoms with van der Waals surface area (Å²) in [4.78, 5) is 21.8. The number of hydrogen-bond acceptors (Lipinski definition) is 4. The Kier molecular flexibility index (Phi) is 4.60. The van der Waals surface area contributed by atoms with E-state index < -0.39 is 11.7 Å². The Morgan fingerprint density at radius 1 is 1.29 bits per heavy atom. The summed E-state index contributed by atoms with van der Waals surface area (Å²) in [6, 6.07) is 0. The summed E-state index contributed by atoms with van der Waals surface area (Å²) in [5.74, 6) is -0.743. The molecule has 0 bridgehead atoms. The van der Waals surface area contributed by atoms with Gasteiger partial charge >= 0.3 is 11.9 Å². The molecule has 4 nitrogen and oxygen atoms in total. The van der Waals surface area contributed by atoms with Crippen LogP contribution >= 0.6 is 0 Å². The van der Waals surface area contributed by atoms with Crippen molar-refractivity contribution in [2.45, 2.75) is 52.7 Å². The van der Waals surface area contributed by atoms with E-state index in [4.69, 9.17) is 9.47 Å². The second-order valence-electron chi connectivity index (χ2n) is 4.21. The molecule has 0 saturated heterocycles. The van der Waals surface area contributed by atoms with Crippen LogP contribution in [0.15, 0.2) is 0 Å². The Hall–Kier alpha value is -1.06. The van der Waals surface area contributed by atoms with Gasteiger partial charge in [0.2, 0.25) is 0 Å². The predicted molar refractivity (Wildman–Crippen MR) is 51.7 cm³/mol. The lowest BCUT2D eigenvalue weighted by Gasteiger charge is -2.20. The second-order valence-corrected chi connectivity index (χ2v) is 4.21.